The van der Waals surface area contributed by atoms with Gasteiger partial charge < -0.3 is 24.8 Å². The Morgan fingerprint density at radius 1 is 1.21 bits per heavy atom. The van der Waals surface area contributed by atoms with Crippen molar-refractivity contribution in [3.63, 3.8) is 0 Å². The van der Waals surface area contributed by atoms with Crippen molar-refractivity contribution < 1.29 is 13.9 Å². The molecule has 0 radical (unpaired) electrons. The third-order valence-electron chi connectivity index (χ3n) is 9.33. The van der Waals surface area contributed by atoms with Crippen molar-refractivity contribution >= 4 is 39.8 Å². The Morgan fingerprint density at radius 3 is 2.81 bits per heavy atom. The lowest BCUT2D eigenvalue weighted by Gasteiger charge is -2.42. The van der Waals surface area contributed by atoms with Crippen LogP contribution in [-0.2, 0) is 17.8 Å². The van der Waals surface area contributed by atoms with E-state index < -0.39 is 17.8 Å². The number of rotatable bonds is 6. The zero-order valence-electron chi connectivity index (χ0n) is 23.9. The van der Waals surface area contributed by atoms with Gasteiger partial charge in [-0.3, -0.25) is 4.79 Å². The van der Waals surface area contributed by atoms with Crippen LogP contribution in [0.25, 0.3) is 10.8 Å². The number of aromatic nitrogens is 2. The van der Waals surface area contributed by atoms with E-state index in [0.29, 0.717) is 37.1 Å². The Balaban J connectivity index is 1.23. The van der Waals surface area contributed by atoms with Gasteiger partial charge in [0.15, 0.2) is 5.83 Å². The first-order valence-electron chi connectivity index (χ1n) is 14.9. The van der Waals surface area contributed by atoms with Crippen LogP contribution in [0.3, 0.4) is 0 Å². The summed E-state index contributed by atoms with van der Waals surface area (Å²) in [4.78, 5) is 28.2. The number of carbonyl (C=O) groups excluding carboxylic acids is 1. The molecule has 7 rings (SSSR count). The van der Waals surface area contributed by atoms with Gasteiger partial charge in [0, 0.05) is 49.2 Å². The van der Waals surface area contributed by atoms with Crippen LogP contribution < -0.4 is 19.9 Å². The largest absolute Gasteiger partial charge is 0.458 e. The molecule has 3 fully saturated rings. The smallest absolute Gasteiger partial charge is 0.319 e. The van der Waals surface area contributed by atoms with Gasteiger partial charge in [-0.1, -0.05) is 42.4 Å². The minimum absolute atomic E-state index is 0.0177. The number of carbonyl (C=O) groups is 1. The predicted molar refractivity (Wildman–Crippen MR) is 163 cm³/mol. The Bertz CT molecular complexity index is 1650. The number of nitrogens with one attached hydrogen (secondary N) is 1. The van der Waals surface area contributed by atoms with E-state index in [1.165, 1.54) is 4.90 Å². The van der Waals surface area contributed by atoms with E-state index >= 15 is 0 Å². The van der Waals surface area contributed by atoms with Crippen LogP contribution in [0.15, 0.2) is 48.8 Å². The van der Waals surface area contributed by atoms with E-state index in [9.17, 15) is 14.4 Å². The molecular weight excluding hydrogens is 569 g/mol. The highest BCUT2D eigenvalue weighted by Crippen LogP contribution is 2.46. The third-order valence-corrected chi connectivity index (χ3v) is 9.64. The fraction of sp³-hybridized carbons (Fsp3) is 0.438. The lowest BCUT2D eigenvalue weighted by atomic mass is 10.0. The number of halogens is 2. The summed E-state index contributed by atoms with van der Waals surface area (Å²) in [6, 6.07) is 14.2. The van der Waals surface area contributed by atoms with E-state index in [0.717, 1.165) is 65.9 Å². The Kier molecular flexibility index (Phi) is 7.10. The number of anilines is 2. The van der Waals surface area contributed by atoms with Crippen molar-refractivity contribution in [2.24, 2.45) is 0 Å². The van der Waals surface area contributed by atoms with Gasteiger partial charge in [-0.2, -0.15) is 15.2 Å². The van der Waals surface area contributed by atoms with Gasteiger partial charge in [-0.15, -0.1) is 0 Å². The summed E-state index contributed by atoms with van der Waals surface area (Å²) in [5.41, 5.74) is 2.99. The molecular formula is C32H33ClFN7O2. The molecule has 4 aliphatic rings. The number of hydrogen-bond acceptors (Lipinski definition) is 8. The molecule has 1 aromatic heterocycles. The summed E-state index contributed by atoms with van der Waals surface area (Å²) in [6.45, 7) is 6.54. The van der Waals surface area contributed by atoms with Gasteiger partial charge >= 0.3 is 6.01 Å². The Hall–Kier alpha value is -3.94. The summed E-state index contributed by atoms with van der Waals surface area (Å²) in [6.07, 6.45) is 3.95. The minimum atomic E-state index is -1.01. The topological polar surface area (TPSA) is 97.6 Å². The number of fused-ring (bicyclic) bond motifs is 2. The highest BCUT2D eigenvalue weighted by molar-refractivity contribution is 6.36. The molecule has 2 aromatic carbocycles. The zero-order valence-corrected chi connectivity index (χ0v) is 24.6. The second-order valence-electron chi connectivity index (χ2n) is 11.9. The number of piperazine rings is 1. The van der Waals surface area contributed by atoms with Crippen LogP contribution in [-0.4, -0.2) is 71.2 Å². The van der Waals surface area contributed by atoms with Gasteiger partial charge in [-0.05, 0) is 43.3 Å². The number of nitrogens with zero attached hydrogens (tertiary/aromatic N) is 6. The van der Waals surface area contributed by atoms with Crippen molar-refractivity contribution in [1.82, 2.24) is 20.2 Å². The van der Waals surface area contributed by atoms with Crippen LogP contribution in [0.2, 0.25) is 5.02 Å². The third kappa shape index (κ3) is 5.04. The number of ether oxygens (including phenoxy) is 1. The first kappa shape index (κ1) is 27.9. The molecule has 1 saturated carbocycles. The van der Waals surface area contributed by atoms with E-state index in [4.69, 9.17) is 26.3 Å². The van der Waals surface area contributed by atoms with Crippen LogP contribution >= 0.6 is 11.6 Å². The van der Waals surface area contributed by atoms with Crippen molar-refractivity contribution in [1.29, 1.82) is 5.26 Å². The molecule has 4 heterocycles. The van der Waals surface area contributed by atoms with E-state index in [-0.39, 0.29) is 24.6 Å². The molecule has 1 N–H and O–H groups in total. The second-order valence-corrected chi connectivity index (χ2v) is 12.3. The SMILES string of the molecule is C=C(F)C(=O)N1CCN(c2nc(OC3CC34CCCN4)nc3c2CCN(c2cccc4cccc(Cl)c24)C3)C[C@@H]1CC#N. The average molecular weight is 602 g/mol. The molecule has 43 heavy (non-hydrogen) atoms. The van der Waals surface area contributed by atoms with E-state index in [1.54, 1.807) is 0 Å². The predicted octanol–water partition coefficient (Wildman–Crippen LogP) is 4.53. The molecule has 3 aliphatic heterocycles. The number of hydrogen-bond donors (Lipinski definition) is 1. The van der Waals surface area contributed by atoms with Crippen LogP contribution in [0.4, 0.5) is 15.9 Å². The fourth-order valence-electron chi connectivity index (χ4n) is 7.03. The fourth-order valence-corrected chi connectivity index (χ4v) is 7.31. The van der Waals surface area contributed by atoms with Crippen LogP contribution in [0.1, 0.15) is 36.9 Å². The van der Waals surface area contributed by atoms with Gasteiger partial charge in [0.2, 0.25) is 0 Å². The first-order valence-corrected chi connectivity index (χ1v) is 15.3. The van der Waals surface area contributed by atoms with Crippen molar-refractivity contribution in [3.8, 4) is 12.1 Å². The quantitative estimate of drug-likeness (QED) is 0.412. The first-order chi connectivity index (χ1) is 20.9. The van der Waals surface area contributed by atoms with Crippen LogP contribution in [0, 0.1) is 11.3 Å². The normalized spacial score (nSPS) is 24.6. The number of amides is 1. The van der Waals surface area contributed by atoms with Gasteiger partial charge in [-0.25, -0.2) is 4.39 Å². The summed E-state index contributed by atoms with van der Waals surface area (Å²) in [7, 11) is 0. The summed E-state index contributed by atoms with van der Waals surface area (Å²) < 4.78 is 20.2. The summed E-state index contributed by atoms with van der Waals surface area (Å²) >= 11 is 6.69. The molecule has 1 amide bonds. The van der Waals surface area contributed by atoms with E-state index in [1.807, 2.05) is 18.2 Å². The highest BCUT2D eigenvalue weighted by Gasteiger charge is 2.58. The van der Waals surface area contributed by atoms with Crippen molar-refractivity contribution in [2.45, 2.75) is 56.3 Å². The molecule has 3 atom stereocenters. The maximum Gasteiger partial charge on any atom is 0.319 e. The molecule has 0 bridgehead atoms. The van der Waals surface area contributed by atoms with Crippen LogP contribution in [0.5, 0.6) is 6.01 Å². The van der Waals surface area contributed by atoms with Gasteiger partial charge in [0.1, 0.15) is 11.9 Å². The van der Waals surface area contributed by atoms with Crippen molar-refractivity contribution in [2.75, 3.05) is 42.5 Å². The molecule has 9 nitrogen and oxygen atoms in total. The maximum absolute atomic E-state index is 13.8. The number of nitriles is 1. The Labute approximate surface area is 254 Å². The van der Waals surface area contributed by atoms with Crippen molar-refractivity contribution in [3.05, 3.63) is 65.1 Å². The molecule has 3 aromatic rings. The van der Waals surface area contributed by atoms with Gasteiger partial charge in [0.25, 0.3) is 5.91 Å². The van der Waals surface area contributed by atoms with E-state index in [2.05, 4.69) is 46.0 Å². The summed E-state index contributed by atoms with van der Waals surface area (Å²) in [5, 5.41) is 15.9. The Morgan fingerprint density at radius 2 is 2.05 bits per heavy atom. The molecule has 1 aliphatic carbocycles. The highest BCUT2D eigenvalue weighted by atomic mass is 35.5. The molecule has 222 valence electrons. The maximum atomic E-state index is 13.8. The molecule has 2 saturated heterocycles. The zero-order chi connectivity index (χ0) is 29.7. The average Bonchev–Trinajstić information content (AvgIpc) is 3.44. The molecule has 1 spiro atoms. The lowest BCUT2D eigenvalue weighted by Crippen LogP contribution is -2.55. The summed E-state index contributed by atoms with van der Waals surface area (Å²) in [5.74, 6) is -1.01. The van der Waals surface area contributed by atoms with Gasteiger partial charge in [0.05, 0.1) is 41.3 Å². The standard InChI is InChI=1S/C32H33ClFN7O2/c1-20(34)30(42)41-16-15-40(18-22(41)9-12-35)29-23-10-14-39(26-8-3-6-21-5-2-7-24(33)28(21)26)19-25(23)37-31(38-29)43-27-17-32(27)11-4-13-36-32/h2-3,5-8,22,27,36H,1,4,9-11,13-19H2/t22-,27?,32?/m0/s1. The molecule has 11 heteroatoms. The molecule has 2 unspecified atom stereocenters. The second kappa shape index (κ2) is 11.0. The monoisotopic (exact) mass is 601 g/mol. The lowest BCUT2D eigenvalue weighted by molar-refractivity contribution is -0.131. The minimum Gasteiger partial charge on any atom is -0.458 e. The number of benzene rings is 2.